The first-order valence-corrected chi connectivity index (χ1v) is 8.90. The summed E-state index contributed by atoms with van der Waals surface area (Å²) in [5.74, 6) is 0. The number of hydrogen-bond acceptors (Lipinski definition) is 2. The van der Waals surface area contributed by atoms with Crippen LogP contribution in [0.25, 0.3) is 21.5 Å². The molecule has 2 heteroatoms. The van der Waals surface area contributed by atoms with Crippen LogP contribution in [0.15, 0.2) is 59.4 Å². The third kappa shape index (κ3) is 3.34. The molecule has 0 saturated carbocycles. The van der Waals surface area contributed by atoms with Crippen LogP contribution >= 0.6 is 0 Å². The van der Waals surface area contributed by atoms with Crippen LogP contribution in [0.1, 0.15) is 25.8 Å². The van der Waals surface area contributed by atoms with Crippen LogP contribution in [0.4, 0.5) is 0 Å². The molecule has 0 aromatic heterocycles. The number of nitrogens with zero attached hydrogens (tertiary/aromatic N) is 1. The molecule has 0 saturated heterocycles. The minimum atomic E-state index is 0.125. The van der Waals surface area contributed by atoms with E-state index in [1.54, 1.807) is 0 Å². The predicted molar refractivity (Wildman–Crippen MR) is 104 cm³/mol. The third-order valence-electron chi connectivity index (χ3n) is 4.88. The van der Waals surface area contributed by atoms with Gasteiger partial charge in [-0.1, -0.05) is 62.4 Å². The lowest BCUT2D eigenvalue weighted by Gasteiger charge is -2.17. The number of hydrogen-bond donors (Lipinski definition) is 0. The fourth-order valence-electron chi connectivity index (χ4n) is 3.48. The van der Waals surface area contributed by atoms with Gasteiger partial charge < -0.3 is 4.90 Å². The van der Waals surface area contributed by atoms with Crippen molar-refractivity contribution in [2.75, 3.05) is 19.6 Å². The Bertz CT molecular complexity index is 897. The van der Waals surface area contributed by atoms with Gasteiger partial charge in [0.25, 0.3) is 0 Å². The van der Waals surface area contributed by atoms with Gasteiger partial charge in [0.2, 0.25) is 0 Å². The van der Waals surface area contributed by atoms with Gasteiger partial charge in [-0.2, -0.15) is 0 Å². The number of aryl methyl sites for hydroxylation is 1. The Morgan fingerprint density at radius 1 is 0.792 bits per heavy atom. The van der Waals surface area contributed by atoms with E-state index in [2.05, 4.69) is 49.1 Å². The van der Waals surface area contributed by atoms with E-state index in [-0.39, 0.29) is 5.43 Å². The Balaban J connectivity index is 2.08. The summed E-state index contributed by atoms with van der Waals surface area (Å²) in [6.45, 7) is 7.63. The van der Waals surface area contributed by atoms with Crippen LogP contribution in [0.3, 0.4) is 0 Å². The lowest BCUT2D eigenvalue weighted by atomic mass is 10.0. The van der Waals surface area contributed by atoms with E-state index in [0.717, 1.165) is 43.2 Å². The largest absolute Gasteiger partial charge is 0.304 e. The highest BCUT2D eigenvalue weighted by molar-refractivity contribution is 6.06. The average Bonchev–Trinajstić information content (AvgIpc) is 2.75. The molecule has 0 heterocycles. The lowest BCUT2D eigenvalue weighted by molar-refractivity contribution is 0.300. The van der Waals surface area contributed by atoms with Crippen LogP contribution < -0.4 is 5.43 Å². The summed E-state index contributed by atoms with van der Waals surface area (Å²) in [7, 11) is 0. The molecule has 2 nitrogen and oxygen atoms in total. The molecule has 3 aromatic carbocycles. The molecule has 0 atom stereocenters. The van der Waals surface area contributed by atoms with Gasteiger partial charge in [0.1, 0.15) is 0 Å². The van der Waals surface area contributed by atoms with Crippen molar-refractivity contribution in [3.8, 4) is 0 Å². The van der Waals surface area contributed by atoms with E-state index in [1.807, 2.05) is 24.3 Å². The first-order chi connectivity index (χ1) is 11.7. The number of benzene rings is 2. The summed E-state index contributed by atoms with van der Waals surface area (Å²) < 4.78 is 0. The minimum Gasteiger partial charge on any atom is -0.304 e. The number of fused-ring (bicyclic) bond motifs is 3. The van der Waals surface area contributed by atoms with E-state index in [1.165, 1.54) is 16.3 Å². The van der Waals surface area contributed by atoms with Crippen LogP contribution in [-0.2, 0) is 6.42 Å². The van der Waals surface area contributed by atoms with Gasteiger partial charge >= 0.3 is 0 Å². The maximum absolute atomic E-state index is 12.7. The molecule has 0 amide bonds. The summed E-state index contributed by atoms with van der Waals surface area (Å²) in [5.41, 5.74) is 1.29. The second-order valence-corrected chi connectivity index (χ2v) is 6.26. The average molecular weight is 319 g/mol. The fourth-order valence-corrected chi connectivity index (χ4v) is 3.48. The molecule has 0 aliphatic heterocycles. The zero-order chi connectivity index (χ0) is 16.9. The van der Waals surface area contributed by atoms with E-state index < -0.39 is 0 Å². The van der Waals surface area contributed by atoms with Gasteiger partial charge in [-0.15, -0.1) is 0 Å². The Hall–Kier alpha value is -2.19. The molecule has 0 aliphatic rings. The Morgan fingerprint density at radius 2 is 1.33 bits per heavy atom. The predicted octanol–water partition coefficient (Wildman–Crippen LogP) is 4.63. The highest BCUT2D eigenvalue weighted by atomic mass is 16.1. The molecule has 3 aromatic rings. The Morgan fingerprint density at radius 3 is 1.96 bits per heavy atom. The normalized spacial score (nSPS) is 11.5. The van der Waals surface area contributed by atoms with Crippen molar-refractivity contribution in [3.05, 3.63) is 70.4 Å². The molecule has 0 N–H and O–H groups in total. The maximum atomic E-state index is 12.7. The lowest BCUT2D eigenvalue weighted by Crippen LogP contribution is -2.24. The molecule has 24 heavy (non-hydrogen) atoms. The van der Waals surface area contributed by atoms with Gasteiger partial charge in [-0.05, 0) is 60.3 Å². The minimum absolute atomic E-state index is 0.125. The second kappa shape index (κ2) is 7.59. The van der Waals surface area contributed by atoms with Gasteiger partial charge in [0.15, 0.2) is 5.43 Å². The van der Waals surface area contributed by atoms with Gasteiger partial charge in [0.05, 0.1) is 0 Å². The van der Waals surface area contributed by atoms with Crippen molar-refractivity contribution in [2.45, 2.75) is 26.7 Å². The second-order valence-electron chi connectivity index (χ2n) is 6.26. The molecular formula is C22H25NO. The summed E-state index contributed by atoms with van der Waals surface area (Å²) in [5, 5.41) is 4.24. The van der Waals surface area contributed by atoms with Crippen molar-refractivity contribution >= 4 is 21.5 Å². The van der Waals surface area contributed by atoms with E-state index in [9.17, 15) is 4.79 Å². The Kier molecular flexibility index (Phi) is 5.27. The molecule has 0 fully saturated rings. The van der Waals surface area contributed by atoms with Crippen LogP contribution in [-0.4, -0.2) is 24.5 Å². The maximum Gasteiger partial charge on any atom is 0.186 e. The summed E-state index contributed by atoms with van der Waals surface area (Å²) in [6, 6.07) is 18.2. The summed E-state index contributed by atoms with van der Waals surface area (Å²) >= 11 is 0. The van der Waals surface area contributed by atoms with Crippen molar-refractivity contribution in [3.63, 3.8) is 0 Å². The molecule has 0 spiro atoms. The zero-order valence-corrected chi connectivity index (χ0v) is 14.6. The first kappa shape index (κ1) is 16.7. The van der Waals surface area contributed by atoms with E-state index in [0.29, 0.717) is 0 Å². The van der Waals surface area contributed by atoms with Gasteiger partial charge in [0, 0.05) is 5.39 Å². The third-order valence-corrected chi connectivity index (χ3v) is 4.88. The fraction of sp³-hybridized carbons (Fsp3) is 0.318. The van der Waals surface area contributed by atoms with Crippen molar-refractivity contribution in [1.82, 2.24) is 4.90 Å². The molecule has 0 aliphatic carbocycles. The highest BCUT2D eigenvalue weighted by Gasteiger charge is 2.07. The van der Waals surface area contributed by atoms with Crippen molar-refractivity contribution in [2.24, 2.45) is 0 Å². The van der Waals surface area contributed by atoms with Crippen LogP contribution in [0, 0.1) is 0 Å². The summed E-state index contributed by atoms with van der Waals surface area (Å²) in [4.78, 5) is 15.1. The molecule has 0 bridgehead atoms. The van der Waals surface area contributed by atoms with E-state index in [4.69, 9.17) is 0 Å². The van der Waals surface area contributed by atoms with Crippen LogP contribution in [0.5, 0.6) is 0 Å². The van der Waals surface area contributed by atoms with Crippen molar-refractivity contribution in [1.29, 1.82) is 0 Å². The zero-order valence-electron chi connectivity index (χ0n) is 14.6. The molecule has 0 radical (unpaired) electrons. The molecule has 124 valence electrons. The topological polar surface area (TPSA) is 20.3 Å². The van der Waals surface area contributed by atoms with E-state index >= 15 is 0 Å². The van der Waals surface area contributed by atoms with Crippen molar-refractivity contribution < 1.29 is 0 Å². The van der Waals surface area contributed by atoms with Gasteiger partial charge in [-0.25, -0.2) is 0 Å². The van der Waals surface area contributed by atoms with Gasteiger partial charge in [-0.3, -0.25) is 4.79 Å². The Labute approximate surface area is 143 Å². The molecule has 3 rings (SSSR count). The monoisotopic (exact) mass is 319 g/mol. The summed E-state index contributed by atoms with van der Waals surface area (Å²) in [6.07, 6.45) is 2.01. The highest BCUT2D eigenvalue weighted by Crippen LogP contribution is 2.25. The molecule has 0 unspecified atom stereocenters. The van der Waals surface area contributed by atoms with Crippen LogP contribution in [0.2, 0.25) is 0 Å². The smallest absolute Gasteiger partial charge is 0.186 e. The standard InChI is InChI=1S/C22H25NO/c1-3-23(4-2)15-9-10-17-16-22(24)21-14-8-7-13-20(21)19-12-6-5-11-18(17)19/h5-8,11-14,16H,3-4,9-10,15H2,1-2H3. The number of rotatable bonds is 6. The molecular weight excluding hydrogens is 294 g/mol. The quantitative estimate of drug-likeness (QED) is 0.660. The first-order valence-electron chi connectivity index (χ1n) is 8.90. The SMILES string of the molecule is CCN(CC)CCCc1cc(=O)c2ccccc2c2ccccc12.